The van der Waals surface area contributed by atoms with Crippen molar-refractivity contribution in [3.05, 3.63) is 29.8 Å². The number of sulfonamides is 1. The standard InChI is InChI=1S/C13H20ClNO3S/c1-11(2)18-8-4-7-15-19(16,17)13-6-3-5-12(9-13)10-14/h3,5-6,9,11,15H,4,7-8,10H2,1-2H3. The molecular weight excluding hydrogens is 286 g/mol. The van der Waals surface area contributed by atoms with Gasteiger partial charge in [0.2, 0.25) is 10.0 Å². The average molecular weight is 306 g/mol. The number of alkyl halides is 1. The Bertz CT molecular complexity index is 488. The van der Waals surface area contributed by atoms with Crippen molar-refractivity contribution >= 4 is 21.6 Å². The van der Waals surface area contributed by atoms with Gasteiger partial charge >= 0.3 is 0 Å². The van der Waals surface area contributed by atoms with E-state index in [1.807, 2.05) is 13.8 Å². The van der Waals surface area contributed by atoms with Crippen LogP contribution in [0.2, 0.25) is 0 Å². The summed E-state index contributed by atoms with van der Waals surface area (Å²) in [7, 11) is -3.46. The van der Waals surface area contributed by atoms with E-state index in [1.54, 1.807) is 24.3 Å². The van der Waals surface area contributed by atoms with E-state index in [9.17, 15) is 8.42 Å². The van der Waals surface area contributed by atoms with E-state index in [0.717, 1.165) is 5.56 Å². The largest absolute Gasteiger partial charge is 0.379 e. The molecule has 0 atom stereocenters. The smallest absolute Gasteiger partial charge is 0.240 e. The molecule has 0 fully saturated rings. The number of nitrogens with one attached hydrogen (secondary N) is 1. The van der Waals surface area contributed by atoms with Crippen molar-refractivity contribution in [2.45, 2.75) is 37.1 Å². The summed E-state index contributed by atoms with van der Waals surface area (Å²) in [5.74, 6) is 0.297. The van der Waals surface area contributed by atoms with Crippen LogP contribution in [0, 0.1) is 0 Å². The van der Waals surface area contributed by atoms with E-state index >= 15 is 0 Å². The zero-order valence-corrected chi connectivity index (χ0v) is 12.8. The van der Waals surface area contributed by atoms with Crippen LogP contribution in [0.15, 0.2) is 29.2 Å². The lowest BCUT2D eigenvalue weighted by molar-refractivity contribution is 0.0778. The van der Waals surface area contributed by atoms with Gasteiger partial charge in [0.15, 0.2) is 0 Å². The zero-order chi connectivity index (χ0) is 14.3. The van der Waals surface area contributed by atoms with Crippen LogP contribution in [0.1, 0.15) is 25.8 Å². The minimum atomic E-state index is -3.46. The summed E-state index contributed by atoms with van der Waals surface area (Å²) in [4.78, 5) is 0.246. The van der Waals surface area contributed by atoms with Gasteiger partial charge in [-0.1, -0.05) is 12.1 Å². The summed E-state index contributed by atoms with van der Waals surface area (Å²) in [6.07, 6.45) is 0.809. The van der Waals surface area contributed by atoms with Gasteiger partial charge in [0, 0.05) is 19.0 Å². The minimum absolute atomic E-state index is 0.164. The van der Waals surface area contributed by atoms with Gasteiger partial charge in [0.1, 0.15) is 0 Å². The molecule has 1 N–H and O–H groups in total. The van der Waals surface area contributed by atoms with Gasteiger partial charge in [0.05, 0.1) is 11.0 Å². The van der Waals surface area contributed by atoms with Crippen molar-refractivity contribution in [1.29, 1.82) is 0 Å². The van der Waals surface area contributed by atoms with Gasteiger partial charge in [-0.05, 0) is 38.0 Å². The van der Waals surface area contributed by atoms with Crippen LogP contribution in [0.4, 0.5) is 0 Å². The molecule has 0 radical (unpaired) electrons. The SMILES string of the molecule is CC(C)OCCCNS(=O)(=O)c1cccc(CCl)c1. The summed E-state index contributed by atoms with van der Waals surface area (Å²) < 4.78 is 31.9. The number of benzene rings is 1. The van der Waals surface area contributed by atoms with Crippen molar-refractivity contribution in [3.63, 3.8) is 0 Å². The van der Waals surface area contributed by atoms with Crippen LogP contribution in [-0.4, -0.2) is 27.7 Å². The maximum Gasteiger partial charge on any atom is 0.240 e. The molecule has 0 saturated carbocycles. The molecule has 0 aromatic heterocycles. The summed E-state index contributed by atoms with van der Waals surface area (Å²) in [5.41, 5.74) is 0.785. The molecule has 0 aliphatic heterocycles. The Kier molecular flexibility index (Phi) is 6.79. The lowest BCUT2D eigenvalue weighted by Gasteiger charge is -2.09. The van der Waals surface area contributed by atoms with Crippen LogP contribution < -0.4 is 4.72 Å². The van der Waals surface area contributed by atoms with Gasteiger partial charge in [-0.25, -0.2) is 13.1 Å². The molecule has 0 saturated heterocycles. The second-order valence-electron chi connectivity index (χ2n) is 4.45. The molecular formula is C13H20ClNO3S. The molecule has 0 amide bonds. The Hall–Kier alpha value is -0.620. The lowest BCUT2D eigenvalue weighted by Crippen LogP contribution is -2.26. The quantitative estimate of drug-likeness (QED) is 0.593. The number of hydrogen-bond acceptors (Lipinski definition) is 3. The molecule has 0 unspecified atom stereocenters. The Balaban J connectivity index is 2.51. The third kappa shape index (κ3) is 5.91. The number of halogens is 1. The Morgan fingerprint density at radius 2 is 2.11 bits per heavy atom. The van der Waals surface area contributed by atoms with E-state index in [1.165, 1.54) is 0 Å². The first-order valence-corrected chi connectivity index (χ1v) is 8.23. The first kappa shape index (κ1) is 16.4. The van der Waals surface area contributed by atoms with E-state index in [2.05, 4.69) is 4.72 Å². The monoisotopic (exact) mass is 305 g/mol. The topological polar surface area (TPSA) is 55.4 Å². The van der Waals surface area contributed by atoms with Crippen molar-refractivity contribution in [3.8, 4) is 0 Å². The van der Waals surface area contributed by atoms with Crippen molar-refractivity contribution < 1.29 is 13.2 Å². The maximum absolute atomic E-state index is 12.0. The highest BCUT2D eigenvalue weighted by molar-refractivity contribution is 7.89. The predicted molar refractivity (Wildman–Crippen MR) is 76.9 cm³/mol. The fraction of sp³-hybridized carbons (Fsp3) is 0.538. The van der Waals surface area contributed by atoms with E-state index in [-0.39, 0.29) is 11.0 Å². The average Bonchev–Trinajstić information content (AvgIpc) is 2.38. The van der Waals surface area contributed by atoms with Crippen LogP contribution in [0.5, 0.6) is 0 Å². The summed E-state index contributed by atoms with van der Waals surface area (Å²) in [6, 6.07) is 6.62. The molecule has 0 bridgehead atoms. The normalized spacial score (nSPS) is 12.0. The summed E-state index contributed by atoms with van der Waals surface area (Å²) >= 11 is 5.69. The van der Waals surface area contributed by atoms with E-state index in [4.69, 9.17) is 16.3 Å². The lowest BCUT2D eigenvalue weighted by atomic mass is 10.2. The molecule has 1 aromatic carbocycles. The van der Waals surface area contributed by atoms with Gasteiger partial charge in [0.25, 0.3) is 0 Å². The fourth-order valence-electron chi connectivity index (χ4n) is 1.48. The number of hydrogen-bond donors (Lipinski definition) is 1. The van der Waals surface area contributed by atoms with E-state index in [0.29, 0.717) is 25.5 Å². The fourth-order valence-corrected chi connectivity index (χ4v) is 2.79. The van der Waals surface area contributed by atoms with Crippen LogP contribution in [0.3, 0.4) is 0 Å². The summed E-state index contributed by atoms with van der Waals surface area (Å²) in [6.45, 7) is 4.80. The molecule has 108 valence electrons. The molecule has 0 heterocycles. The maximum atomic E-state index is 12.0. The molecule has 4 nitrogen and oxygen atoms in total. The van der Waals surface area contributed by atoms with Gasteiger partial charge in [-0.3, -0.25) is 0 Å². The number of rotatable bonds is 8. The molecule has 19 heavy (non-hydrogen) atoms. The second-order valence-corrected chi connectivity index (χ2v) is 6.49. The molecule has 0 aliphatic carbocycles. The highest BCUT2D eigenvalue weighted by Gasteiger charge is 2.13. The number of ether oxygens (including phenoxy) is 1. The van der Waals surface area contributed by atoms with Crippen molar-refractivity contribution in [1.82, 2.24) is 4.72 Å². The molecule has 0 aliphatic rings. The first-order valence-electron chi connectivity index (χ1n) is 6.22. The second kappa shape index (κ2) is 7.85. The highest BCUT2D eigenvalue weighted by atomic mass is 35.5. The van der Waals surface area contributed by atoms with E-state index < -0.39 is 10.0 Å². The van der Waals surface area contributed by atoms with Crippen molar-refractivity contribution in [2.24, 2.45) is 0 Å². The zero-order valence-electron chi connectivity index (χ0n) is 11.2. The predicted octanol–water partition coefficient (Wildman–Crippen LogP) is 2.52. The van der Waals surface area contributed by atoms with Gasteiger partial charge in [-0.2, -0.15) is 0 Å². The minimum Gasteiger partial charge on any atom is -0.379 e. The van der Waals surface area contributed by atoms with Crippen molar-refractivity contribution in [2.75, 3.05) is 13.2 Å². The Labute approximate surface area is 120 Å². The van der Waals surface area contributed by atoms with Crippen LogP contribution in [0.25, 0.3) is 0 Å². The third-order valence-electron chi connectivity index (χ3n) is 2.43. The Morgan fingerprint density at radius 1 is 1.37 bits per heavy atom. The molecule has 6 heteroatoms. The first-order chi connectivity index (χ1) is 8.95. The molecule has 0 spiro atoms. The molecule has 1 aromatic rings. The molecule has 1 rings (SSSR count). The Morgan fingerprint density at radius 3 is 2.74 bits per heavy atom. The third-order valence-corrected chi connectivity index (χ3v) is 4.19. The van der Waals surface area contributed by atoms with Crippen LogP contribution in [-0.2, 0) is 20.6 Å². The van der Waals surface area contributed by atoms with Gasteiger partial charge < -0.3 is 4.74 Å². The highest BCUT2D eigenvalue weighted by Crippen LogP contribution is 2.12. The van der Waals surface area contributed by atoms with Gasteiger partial charge in [-0.15, -0.1) is 11.6 Å². The van der Waals surface area contributed by atoms with Crippen LogP contribution >= 0.6 is 11.6 Å². The summed E-state index contributed by atoms with van der Waals surface area (Å²) in [5, 5.41) is 0.